The molecule has 2 aromatic rings. The second-order valence-corrected chi connectivity index (χ2v) is 9.35. The third-order valence-electron chi connectivity index (χ3n) is 7.17. The van der Waals surface area contributed by atoms with Crippen LogP contribution in [0, 0.1) is 6.92 Å². The lowest BCUT2D eigenvalue weighted by atomic mass is 9.81. The predicted octanol–water partition coefficient (Wildman–Crippen LogP) is 2.76. The van der Waals surface area contributed by atoms with Crippen LogP contribution in [0.3, 0.4) is 0 Å². The van der Waals surface area contributed by atoms with Gasteiger partial charge in [0.15, 0.2) is 0 Å². The number of fused-ring (bicyclic) bond motifs is 1. The van der Waals surface area contributed by atoms with Crippen LogP contribution in [0.5, 0.6) is 6.01 Å². The van der Waals surface area contributed by atoms with Gasteiger partial charge in [0.1, 0.15) is 11.6 Å². The highest BCUT2D eigenvalue weighted by molar-refractivity contribution is 5.87. The summed E-state index contributed by atoms with van der Waals surface area (Å²) in [5.74, 6) is 2.45. The van der Waals surface area contributed by atoms with Crippen LogP contribution in [-0.2, 0) is 17.6 Å². The molecule has 0 aromatic carbocycles. The van der Waals surface area contributed by atoms with Crippen molar-refractivity contribution in [1.82, 2.24) is 19.9 Å². The van der Waals surface area contributed by atoms with Gasteiger partial charge < -0.3 is 20.3 Å². The third kappa shape index (κ3) is 4.14. The van der Waals surface area contributed by atoms with E-state index in [1.165, 1.54) is 35.6 Å². The molecule has 2 aliphatic carbocycles. The van der Waals surface area contributed by atoms with Crippen LogP contribution >= 0.6 is 0 Å². The molecule has 3 heterocycles. The summed E-state index contributed by atoms with van der Waals surface area (Å²) in [6.07, 6.45) is 6.57. The van der Waals surface area contributed by atoms with Gasteiger partial charge in [-0.1, -0.05) is 6.58 Å². The summed E-state index contributed by atoms with van der Waals surface area (Å²) in [5.41, 5.74) is 12.2. The molecule has 1 atom stereocenters. The number of piperazine rings is 1. The minimum Gasteiger partial charge on any atom is -0.467 e. The first-order valence-electron chi connectivity index (χ1n) is 11.9. The second-order valence-electron chi connectivity index (χ2n) is 9.35. The molecule has 1 unspecified atom stereocenters. The molecule has 3 aliphatic rings. The van der Waals surface area contributed by atoms with E-state index in [1.807, 2.05) is 11.0 Å². The molecule has 8 nitrogen and oxygen atoms in total. The molecule has 0 spiro atoms. The van der Waals surface area contributed by atoms with Gasteiger partial charge in [0, 0.05) is 37.7 Å². The first kappa shape index (κ1) is 21.7. The summed E-state index contributed by atoms with van der Waals surface area (Å²) in [6.45, 7) is 8.55. The van der Waals surface area contributed by atoms with Crippen molar-refractivity contribution in [3.05, 3.63) is 46.8 Å². The van der Waals surface area contributed by atoms with E-state index in [9.17, 15) is 4.79 Å². The van der Waals surface area contributed by atoms with Gasteiger partial charge in [-0.25, -0.2) is 4.98 Å². The Bertz CT molecular complexity index is 1090. The summed E-state index contributed by atoms with van der Waals surface area (Å²) >= 11 is 0. The summed E-state index contributed by atoms with van der Waals surface area (Å²) in [6, 6.07) is 2.40. The number of carbonyl (C=O) groups excluding carboxylic acids is 1. The van der Waals surface area contributed by atoms with Gasteiger partial charge in [-0.05, 0) is 68.2 Å². The number of rotatable bonds is 5. The van der Waals surface area contributed by atoms with Crippen molar-refractivity contribution in [1.29, 1.82) is 0 Å². The Kier molecular flexibility index (Phi) is 5.68. The molecule has 5 rings (SSSR count). The van der Waals surface area contributed by atoms with Crippen molar-refractivity contribution in [3.8, 4) is 6.01 Å². The first-order chi connectivity index (χ1) is 16.0. The Hall–Kier alpha value is -3.16. The smallest absolute Gasteiger partial charge is 0.318 e. The van der Waals surface area contributed by atoms with Crippen LogP contribution in [0.4, 0.5) is 11.6 Å². The van der Waals surface area contributed by atoms with E-state index in [4.69, 9.17) is 25.4 Å². The monoisotopic (exact) mass is 448 g/mol. The maximum absolute atomic E-state index is 12.0. The third-order valence-corrected chi connectivity index (χ3v) is 7.17. The van der Waals surface area contributed by atoms with Crippen molar-refractivity contribution < 1.29 is 9.53 Å². The fourth-order valence-corrected chi connectivity index (χ4v) is 5.38. The number of nitrogens with zero attached hydrogens (tertiary/aromatic N) is 5. The molecule has 1 saturated heterocycles. The van der Waals surface area contributed by atoms with Crippen LogP contribution in [0.2, 0.25) is 0 Å². The van der Waals surface area contributed by atoms with Crippen molar-refractivity contribution >= 4 is 17.5 Å². The number of methoxy groups -OCH3 is 1. The quantitative estimate of drug-likeness (QED) is 0.703. The molecule has 1 saturated carbocycles. The standard InChI is InChI=1S/C25H32N6O2/c1-4-21(32)30-9-11-31(12-10-30)24-18-8-7-17(14-19(18)27-25(29-24)33-3)23-22(16-5-6-16)15(2)13-20(26)28-23/h4,13,16-17H,1,5-12,14H2,2-3H3,(H2,26,28). The molecular weight excluding hydrogens is 416 g/mol. The molecule has 2 aromatic heterocycles. The number of aryl methyl sites for hydroxylation is 1. The predicted molar refractivity (Wildman–Crippen MR) is 128 cm³/mol. The van der Waals surface area contributed by atoms with Crippen LogP contribution in [0.15, 0.2) is 18.7 Å². The first-order valence-corrected chi connectivity index (χ1v) is 11.9. The molecular formula is C25H32N6O2. The molecule has 2 fully saturated rings. The van der Waals surface area contributed by atoms with E-state index in [1.54, 1.807) is 7.11 Å². The fraction of sp³-hybridized carbons (Fsp3) is 0.520. The van der Waals surface area contributed by atoms with E-state index in [0.29, 0.717) is 36.8 Å². The number of carbonyl (C=O) groups is 1. The average molecular weight is 449 g/mol. The normalized spacial score (nSPS) is 20.4. The number of amides is 1. The summed E-state index contributed by atoms with van der Waals surface area (Å²) in [7, 11) is 1.61. The lowest BCUT2D eigenvalue weighted by Crippen LogP contribution is -2.49. The zero-order valence-electron chi connectivity index (χ0n) is 19.5. The van der Waals surface area contributed by atoms with Crippen molar-refractivity contribution in [3.63, 3.8) is 0 Å². The molecule has 1 aliphatic heterocycles. The SMILES string of the molecule is C=CC(=O)N1CCN(c2nc(OC)nc3c2CCC(c2nc(N)cc(C)c2C2CC2)C3)CC1. The Morgan fingerprint density at radius 3 is 2.58 bits per heavy atom. The van der Waals surface area contributed by atoms with Crippen LogP contribution < -0.4 is 15.4 Å². The zero-order valence-corrected chi connectivity index (χ0v) is 19.5. The van der Waals surface area contributed by atoms with Crippen molar-refractivity contribution in [2.24, 2.45) is 0 Å². The van der Waals surface area contributed by atoms with Gasteiger partial charge in [-0.3, -0.25) is 4.79 Å². The zero-order chi connectivity index (χ0) is 23.1. The molecule has 0 bridgehead atoms. The molecule has 33 heavy (non-hydrogen) atoms. The van der Waals surface area contributed by atoms with E-state index in [0.717, 1.165) is 49.6 Å². The molecule has 1 amide bonds. The fourth-order valence-electron chi connectivity index (χ4n) is 5.38. The van der Waals surface area contributed by atoms with Crippen molar-refractivity contribution in [2.45, 2.75) is 50.9 Å². The molecule has 2 N–H and O–H groups in total. The van der Waals surface area contributed by atoms with Gasteiger partial charge in [0.25, 0.3) is 0 Å². The molecule has 0 radical (unpaired) electrons. The van der Waals surface area contributed by atoms with E-state index in [-0.39, 0.29) is 5.91 Å². The van der Waals surface area contributed by atoms with E-state index in [2.05, 4.69) is 18.4 Å². The van der Waals surface area contributed by atoms with E-state index >= 15 is 0 Å². The highest BCUT2D eigenvalue weighted by Crippen LogP contribution is 2.47. The number of anilines is 2. The number of hydrogen-bond acceptors (Lipinski definition) is 7. The maximum atomic E-state index is 12.0. The topological polar surface area (TPSA) is 97.5 Å². The number of ether oxygens (including phenoxy) is 1. The number of nitrogen functional groups attached to an aromatic ring is 1. The largest absolute Gasteiger partial charge is 0.467 e. The Morgan fingerprint density at radius 2 is 1.91 bits per heavy atom. The van der Waals surface area contributed by atoms with E-state index < -0.39 is 0 Å². The van der Waals surface area contributed by atoms with Gasteiger partial charge in [0.05, 0.1) is 18.5 Å². The minimum atomic E-state index is -0.0174. The number of hydrogen-bond donors (Lipinski definition) is 1. The minimum absolute atomic E-state index is 0.0174. The van der Waals surface area contributed by atoms with Crippen LogP contribution in [0.1, 0.15) is 59.2 Å². The summed E-state index contributed by atoms with van der Waals surface area (Å²) < 4.78 is 5.48. The van der Waals surface area contributed by atoms with Crippen LogP contribution in [-0.4, -0.2) is 59.0 Å². The maximum Gasteiger partial charge on any atom is 0.318 e. The van der Waals surface area contributed by atoms with Gasteiger partial charge in [-0.2, -0.15) is 9.97 Å². The number of aromatic nitrogens is 3. The second kappa shape index (κ2) is 8.65. The highest BCUT2D eigenvalue weighted by atomic mass is 16.5. The summed E-state index contributed by atoms with van der Waals surface area (Å²) in [4.78, 5) is 30.4. The lowest BCUT2D eigenvalue weighted by Gasteiger charge is -2.37. The summed E-state index contributed by atoms with van der Waals surface area (Å²) in [5, 5.41) is 0. The van der Waals surface area contributed by atoms with Gasteiger partial charge in [0.2, 0.25) is 5.91 Å². The highest BCUT2D eigenvalue weighted by Gasteiger charge is 2.35. The Labute approximate surface area is 194 Å². The van der Waals surface area contributed by atoms with Crippen LogP contribution in [0.25, 0.3) is 0 Å². The van der Waals surface area contributed by atoms with Gasteiger partial charge >= 0.3 is 6.01 Å². The Balaban J connectivity index is 1.44. The van der Waals surface area contributed by atoms with Crippen molar-refractivity contribution in [2.75, 3.05) is 43.9 Å². The van der Waals surface area contributed by atoms with Gasteiger partial charge in [-0.15, -0.1) is 0 Å². The average Bonchev–Trinajstić information content (AvgIpc) is 3.67. The Morgan fingerprint density at radius 1 is 1.15 bits per heavy atom. The number of nitrogens with two attached hydrogens (primary N) is 1. The lowest BCUT2D eigenvalue weighted by molar-refractivity contribution is -0.126. The number of pyridine rings is 1. The molecule has 174 valence electrons. The molecule has 8 heteroatoms.